The van der Waals surface area contributed by atoms with Crippen molar-refractivity contribution in [3.63, 3.8) is 0 Å². The number of ether oxygens (including phenoxy) is 2. The standard InChI is InChI=1S/C25H33N5O4/c1-24(2,3)34-23(31)29-14-6-8-15(9-7-14)33-16-10-11-17-18(12-16)21(30-32)25(4,5)19-20(17)27-13-28-22(19)26/h10-15,32H,6-9H2,1-5H3,(H,29,31)(H2,26,27,28)/t14-,15-. The van der Waals surface area contributed by atoms with Crippen molar-refractivity contribution in [2.45, 2.75) is 83.5 Å². The van der Waals surface area contributed by atoms with Gasteiger partial charge in [-0.1, -0.05) is 5.16 Å². The summed E-state index contributed by atoms with van der Waals surface area (Å²) in [7, 11) is 0. The highest BCUT2D eigenvalue weighted by Crippen LogP contribution is 2.45. The van der Waals surface area contributed by atoms with Crippen molar-refractivity contribution < 1.29 is 19.5 Å². The first-order valence-electron chi connectivity index (χ1n) is 11.6. The van der Waals surface area contributed by atoms with E-state index in [-0.39, 0.29) is 18.2 Å². The highest BCUT2D eigenvalue weighted by Gasteiger charge is 2.41. The second-order valence-electron chi connectivity index (χ2n) is 10.5. The third-order valence-electron chi connectivity index (χ3n) is 6.39. The van der Waals surface area contributed by atoms with Crippen LogP contribution in [0.15, 0.2) is 29.7 Å². The number of alkyl carbamates (subject to hydrolysis) is 1. The Morgan fingerprint density at radius 3 is 2.53 bits per heavy atom. The van der Waals surface area contributed by atoms with Crippen molar-refractivity contribution in [2.75, 3.05) is 5.73 Å². The molecule has 0 aliphatic heterocycles. The van der Waals surface area contributed by atoms with Gasteiger partial charge in [-0.15, -0.1) is 0 Å². The number of carbonyl (C=O) groups excluding carboxylic acids is 1. The van der Waals surface area contributed by atoms with E-state index >= 15 is 0 Å². The van der Waals surface area contributed by atoms with Gasteiger partial charge in [-0.2, -0.15) is 0 Å². The van der Waals surface area contributed by atoms with Gasteiger partial charge in [-0.3, -0.25) is 0 Å². The summed E-state index contributed by atoms with van der Waals surface area (Å²) in [4.78, 5) is 20.7. The predicted molar refractivity (Wildman–Crippen MR) is 129 cm³/mol. The van der Waals surface area contributed by atoms with Crippen LogP contribution in [0.5, 0.6) is 5.75 Å². The summed E-state index contributed by atoms with van der Waals surface area (Å²) in [6, 6.07) is 5.80. The summed E-state index contributed by atoms with van der Waals surface area (Å²) < 4.78 is 11.6. The second-order valence-corrected chi connectivity index (χ2v) is 10.5. The van der Waals surface area contributed by atoms with E-state index in [1.165, 1.54) is 6.33 Å². The minimum atomic E-state index is -0.674. The van der Waals surface area contributed by atoms with Crippen molar-refractivity contribution >= 4 is 17.6 Å². The van der Waals surface area contributed by atoms with E-state index in [9.17, 15) is 10.0 Å². The number of amides is 1. The van der Waals surface area contributed by atoms with E-state index in [2.05, 4.69) is 20.4 Å². The van der Waals surface area contributed by atoms with E-state index in [4.69, 9.17) is 15.2 Å². The molecular formula is C25H33N5O4. The van der Waals surface area contributed by atoms with Gasteiger partial charge < -0.3 is 25.7 Å². The first kappa shape index (κ1) is 23.8. The maximum atomic E-state index is 12.0. The Labute approximate surface area is 199 Å². The van der Waals surface area contributed by atoms with E-state index in [1.807, 2.05) is 52.8 Å². The molecule has 0 radical (unpaired) electrons. The molecule has 1 aromatic carbocycles. The predicted octanol–water partition coefficient (Wildman–Crippen LogP) is 4.41. The topological polar surface area (TPSA) is 132 Å². The Hall–Kier alpha value is -3.36. The van der Waals surface area contributed by atoms with Crippen LogP contribution in [0.4, 0.5) is 10.6 Å². The number of anilines is 1. The van der Waals surface area contributed by atoms with Crippen LogP contribution in [-0.4, -0.2) is 44.7 Å². The summed E-state index contributed by atoms with van der Waals surface area (Å²) in [5.74, 6) is 1.07. The van der Waals surface area contributed by atoms with Crippen LogP contribution >= 0.6 is 0 Å². The molecule has 1 fully saturated rings. The van der Waals surface area contributed by atoms with E-state index in [0.717, 1.165) is 48.1 Å². The SMILES string of the molecule is CC(C)(C)OC(=O)N[C@H]1CC[C@H](Oc2ccc3c(c2)C(=NO)C(C)(C)c2c(N)ncnc2-3)CC1. The zero-order valence-electron chi connectivity index (χ0n) is 20.4. The first-order valence-corrected chi connectivity index (χ1v) is 11.6. The fourth-order valence-electron chi connectivity index (χ4n) is 4.84. The Kier molecular flexibility index (Phi) is 6.14. The molecule has 9 nitrogen and oxygen atoms in total. The Bertz CT molecular complexity index is 1110. The lowest BCUT2D eigenvalue weighted by molar-refractivity contribution is 0.0471. The summed E-state index contributed by atoms with van der Waals surface area (Å²) in [5.41, 5.74) is 8.55. The minimum absolute atomic E-state index is 0.0334. The van der Waals surface area contributed by atoms with Crippen LogP contribution in [0, 0.1) is 0 Å². The number of rotatable bonds is 3. The molecule has 1 amide bonds. The van der Waals surface area contributed by atoms with Crippen LogP contribution in [0.25, 0.3) is 11.3 Å². The lowest BCUT2D eigenvalue weighted by Crippen LogP contribution is -2.42. The highest BCUT2D eigenvalue weighted by atomic mass is 16.6. The van der Waals surface area contributed by atoms with Crippen molar-refractivity contribution in [3.8, 4) is 17.0 Å². The maximum Gasteiger partial charge on any atom is 0.407 e. The Morgan fingerprint density at radius 2 is 1.88 bits per heavy atom. The molecule has 1 heterocycles. The normalized spacial score (nSPS) is 22.4. The average Bonchev–Trinajstić information content (AvgIpc) is 2.73. The molecule has 34 heavy (non-hydrogen) atoms. The molecule has 9 heteroatoms. The maximum absolute atomic E-state index is 12.0. The number of nitrogens with two attached hydrogens (primary N) is 1. The van der Waals surface area contributed by atoms with Crippen molar-refractivity contribution in [1.82, 2.24) is 15.3 Å². The number of benzene rings is 1. The number of nitrogen functional groups attached to an aromatic ring is 1. The van der Waals surface area contributed by atoms with Crippen LogP contribution in [0.2, 0.25) is 0 Å². The van der Waals surface area contributed by atoms with Crippen molar-refractivity contribution in [3.05, 3.63) is 35.7 Å². The monoisotopic (exact) mass is 467 g/mol. The van der Waals surface area contributed by atoms with Gasteiger partial charge in [0.25, 0.3) is 0 Å². The third kappa shape index (κ3) is 4.64. The summed E-state index contributed by atoms with van der Waals surface area (Å²) in [6.07, 6.45) is 4.36. The number of nitrogens with one attached hydrogen (secondary N) is 1. The van der Waals surface area contributed by atoms with Crippen molar-refractivity contribution in [2.24, 2.45) is 5.16 Å². The van der Waals surface area contributed by atoms with Gasteiger partial charge in [-0.25, -0.2) is 14.8 Å². The molecule has 0 spiro atoms. The molecule has 1 aromatic heterocycles. The number of hydrogen-bond donors (Lipinski definition) is 3. The molecule has 4 rings (SSSR count). The van der Waals surface area contributed by atoms with Crippen LogP contribution in [0.3, 0.4) is 0 Å². The van der Waals surface area contributed by atoms with E-state index in [0.29, 0.717) is 17.3 Å². The summed E-state index contributed by atoms with van der Waals surface area (Å²) in [5, 5.41) is 16.5. The fraction of sp³-hybridized carbons (Fsp3) is 0.520. The number of nitrogens with zero attached hydrogens (tertiary/aromatic N) is 3. The number of oxime groups is 1. The largest absolute Gasteiger partial charge is 0.490 e. The third-order valence-corrected chi connectivity index (χ3v) is 6.39. The van der Waals surface area contributed by atoms with Gasteiger partial charge in [0.1, 0.15) is 23.5 Å². The van der Waals surface area contributed by atoms with Gasteiger partial charge in [0.05, 0.1) is 17.5 Å². The molecule has 2 aliphatic carbocycles. The molecule has 0 atom stereocenters. The molecule has 0 saturated heterocycles. The Morgan fingerprint density at radius 1 is 1.18 bits per heavy atom. The molecule has 182 valence electrons. The molecule has 2 aromatic rings. The molecule has 0 unspecified atom stereocenters. The zero-order valence-corrected chi connectivity index (χ0v) is 20.4. The van der Waals surface area contributed by atoms with Gasteiger partial charge >= 0.3 is 6.09 Å². The fourth-order valence-corrected chi connectivity index (χ4v) is 4.84. The number of hydrogen-bond acceptors (Lipinski definition) is 8. The number of fused-ring (bicyclic) bond motifs is 3. The van der Waals surface area contributed by atoms with E-state index in [1.54, 1.807) is 0 Å². The molecule has 2 aliphatic rings. The average molecular weight is 468 g/mol. The zero-order chi connectivity index (χ0) is 24.7. The smallest absolute Gasteiger partial charge is 0.407 e. The number of carbonyl (C=O) groups is 1. The van der Waals surface area contributed by atoms with Crippen LogP contribution in [-0.2, 0) is 10.2 Å². The van der Waals surface area contributed by atoms with Gasteiger partial charge in [0, 0.05) is 28.1 Å². The summed E-state index contributed by atoms with van der Waals surface area (Å²) in [6.45, 7) is 9.44. The summed E-state index contributed by atoms with van der Waals surface area (Å²) >= 11 is 0. The molecule has 1 saturated carbocycles. The second kappa shape index (κ2) is 8.77. The molecule has 0 bridgehead atoms. The minimum Gasteiger partial charge on any atom is -0.490 e. The van der Waals surface area contributed by atoms with E-state index < -0.39 is 11.0 Å². The lowest BCUT2D eigenvalue weighted by atomic mass is 9.70. The lowest BCUT2D eigenvalue weighted by Gasteiger charge is -2.35. The Balaban J connectivity index is 1.48. The van der Waals surface area contributed by atoms with Gasteiger partial charge in [0.15, 0.2) is 0 Å². The quantitative estimate of drug-likeness (QED) is 0.450. The van der Waals surface area contributed by atoms with Crippen LogP contribution in [0.1, 0.15) is 71.4 Å². The van der Waals surface area contributed by atoms with Gasteiger partial charge in [0.2, 0.25) is 0 Å². The molecule has 4 N–H and O–H groups in total. The first-order chi connectivity index (χ1) is 16.0. The molecular weight excluding hydrogens is 434 g/mol. The van der Waals surface area contributed by atoms with Crippen LogP contribution < -0.4 is 15.8 Å². The van der Waals surface area contributed by atoms with Crippen molar-refractivity contribution in [1.29, 1.82) is 0 Å². The van der Waals surface area contributed by atoms with Gasteiger partial charge in [-0.05, 0) is 78.5 Å². The number of aromatic nitrogens is 2. The highest BCUT2D eigenvalue weighted by molar-refractivity contribution is 6.15.